The summed E-state index contributed by atoms with van der Waals surface area (Å²) in [6, 6.07) is 9.63. The van der Waals surface area contributed by atoms with Crippen molar-refractivity contribution in [2.45, 2.75) is 51.7 Å². The topological polar surface area (TPSA) is 29.3 Å². The molecule has 0 spiro atoms. The third kappa shape index (κ3) is 3.21. The molecule has 4 atom stereocenters. The molecule has 2 N–H and O–H groups in total. The minimum absolute atomic E-state index is 0.187. The van der Waals surface area contributed by atoms with Gasteiger partial charge >= 0.3 is 0 Å². The molecule has 1 fully saturated rings. The van der Waals surface area contributed by atoms with Crippen LogP contribution in [0.1, 0.15) is 45.2 Å². The Kier molecular flexibility index (Phi) is 5.04. The first kappa shape index (κ1) is 15.0. The van der Waals surface area contributed by atoms with E-state index >= 15 is 0 Å². The molecule has 1 aliphatic rings. The molecule has 1 aromatic rings. The molecule has 0 saturated carbocycles. The molecule has 1 aliphatic heterocycles. The first-order chi connectivity index (χ1) is 9.04. The molecular formula is C16H25BrN2. The van der Waals surface area contributed by atoms with Crippen molar-refractivity contribution < 1.29 is 0 Å². The second kappa shape index (κ2) is 6.38. The lowest BCUT2D eigenvalue weighted by molar-refractivity contribution is 0.159. The minimum Gasteiger partial charge on any atom is -0.326 e. The summed E-state index contributed by atoms with van der Waals surface area (Å²) in [6.07, 6.45) is 2.28. The molecule has 0 aromatic heterocycles. The highest BCUT2D eigenvalue weighted by molar-refractivity contribution is 9.10. The van der Waals surface area contributed by atoms with Gasteiger partial charge in [-0.1, -0.05) is 48.0 Å². The Hall–Kier alpha value is -0.380. The van der Waals surface area contributed by atoms with Crippen molar-refractivity contribution in [3.8, 4) is 0 Å². The van der Waals surface area contributed by atoms with Crippen LogP contribution in [0.15, 0.2) is 28.7 Å². The van der Waals surface area contributed by atoms with E-state index in [4.69, 9.17) is 5.73 Å². The monoisotopic (exact) mass is 324 g/mol. The molecule has 1 saturated heterocycles. The zero-order valence-electron chi connectivity index (χ0n) is 12.1. The van der Waals surface area contributed by atoms with Gasteiger partial charge in [0, 0.05) is 23.1 Å². The lowest BCUT2D eigenvalue weighted by atomic mass is 9.96. The van der Waals surface area contributed by atoms with Crippen LogP contribution in [0.4, 0.5) is 0 Å². The molecule has 1 aromatic carbocycles. The molecular weight excluding hydrogens is 300 g/mol. The molecule has 0 radical (unpaired) electrons. The van der Waals surface area contributed by atoms with Gasteiger partial charge in [0.05, 0.1) is 6.04 Å². The quantitative estimate of drug-likeness (QED) is 0.908. The van der Waals surface area contributed by atoms with Gasteiger partial charge in [-0.15, -0.1) is 0 Å². The highest BCUT2D eigenvalue weighted by Gasteiger charge is 2.35. The van der Waals surface area contributed by atoms with E-state index in [0.717, 1.165) is 18.9 Å². The van der Waals surface area contributed by atoms with Gasteiger partial charge in [0.1, 0.15) is 0 Å². The maximum atomic E-state index is 6.44. The Morgan fingerprint density at radius 1 is 1.37 bits per heavy atom. The zero-order valence-corrected chi connectivity index (χ0v) is 13.7. The number of rotatable bonds is 4. The smallest absolute Gasteiger partial charge is 0.0513 e. The number of benzene rings is 1. The van der Waals surface area contributed by atoms with E-state index < -0.39 is 0 Å². The first-order valence-electron chi connectivity index (χ1n) is 7.30. The average molecular weight is 325 g/mol. The summed E-state index contributed by atoms with van der Waals surface area (Å²) in [5.74, 6) is 0.768. The van der Waals surface area contributed by atoms with Crippen LogP contribution in [0.2, 0.25) is 0 Å². The summed E-state index contributed by atoms with van der Waals surface area (Å²) in [7, 11) is 0. The zero-order chi connectivity index (χ0) is 14.0. The molecule has 0 bridgehead atoms. The van der Waals surface area contributed by atoms with Gasteiger partial charge in [-0.05, 0) is 37.3 Å². The highest BCUT2D eigenvalue weighted by atomic mass is 79.9. The molecule has 106 valence electrons. The van der Waals surface area contributed by atoms with Crippen LogP contribution in [0, 0.1) is 5.92 Å². The number of nitrogens with two attached hydrogens (primary N) is 1. The van der Waals surface area contributed by atoms with Crippen molar-refractivity contribution in [1.29, 1.82) is 0 Å². The first-order valence-corrected chi connectivity index (χ1v) is 8.09. The van der Waals surface area contributed by atoms with Gasteiger partial charge in [-0.2, -0.15) is 0 Å². The van der Waals surface area contributed by atoms with Gasteiger partial charge in [-0.25, -0.2) is 0 Å². The van der Waals surface area contributed by atoms with Crippen LogP contribution in [0.25, 0.3) is 0 Å². The van der Waals surface area contributed by atoms with Crippen molar-refractivity contribution in [3.05, 3.63) is 34.3 Å². The highest BCUT2D eigenvalue weighted by Crippen LogP contribution is 2.37. The number of likely N-dealkylation sites (tertiary alicyclic amines) is 1. The Balaban J connectivity index is 2.34. The Bertz CT molecular complexity index is 421. The second-order valence-corrected chi connectivity index (χ2v) is 6.78. The van der Waals surface area contributed by atoms with E-state index in [1.807, 2.05) is 0 Å². The summed E-state index contributed by atoms with van der Waals surface area (Å²) in [6.45, 7) is 8.00. The Labute approximate surface area is 125 Å². The fourth-order valence-electron chi connectivity index (χ4n) is 3.31. The van der Waals surface area contributed by atoms with Crippen LogP contribution in [-0.4, -0.2) is 23.5 Å². The predicted molar refractivity (Wildman–Crippen MR) is 85.1 cm³/mol. The molecule has 3 heteroatoms. The van der Waals surface area contributed by atoms with E-state index in [2.05, 4.69) is 65.9 Å². The van der Waals surface area contributed by atoms with Crippen LogP contribution in [-0.2, 0) is 0 Å². The van der Waals surface area contributed by atoms with E-state index in [9.17, 15) is 0 Å². The van der Waals surface area contributed by atoms with Crippen molar-refractivity contribution in [2.75, 3.05) is 6.54 Å². The standard InChI is InChI=1S/C16H25BrN2/c1-4-15(18)16(13-7-5-6-8-14(13)17)19-10-11(2)9-12(19)3/h5-8,11-12,15-16H,4,9-10,18H2,1-3H3. The van der Waals surface area contributed by atoms with Crippen LogP contribution in [0.5, 0.6) is 0 Å². The lowest BCUT2D eigenvalue weighted by Crippen LogP contribution is -2.42. The third-order valence-electron chi connectivity index (χ3n) is 4.29. The second-order valence-electron chi connectivity index (χ2n) is 5.93. The number of nitrogens with zero attached hydrogens (tertiary/aromatic N) is 1. The predicted octanol–water partition coefficient (Wildman–Crippen LogP) is 3.96. The fraction of sp³-hybridized carbons (Fsp3) is 0.625. The third-order valence-corrected chi connectivity index (χ3v) is 5.01. The summed E-state index contributed by atoms with van der Waals surface area (Å²) in [4.78, 5) is 2.60. The SMILES string of the molecule is CCC(N)C(c1ccccc1Br)N1CC(C)CC1C. The van der Waals surface area contributed by atoms with E-state index in [0.29, 0.717) is 12.1 Å². The summed E-state index contributed by atoms with van der Waals surface area (Å²) in [5, 5.41) is 0. The molecule has 19 heavy (non-hydrogen) atoms. The minimum atomic E-state index is 0.187. The van der Waals surface area contributed by atoms with Gasteiger partial charge in [-0.3, -0.25) is 4.90 Å². The number of hydrogen-bond donors (Lipinski definition) is 1. The maximum Gasteiger partial charge on any atom is 0.0513 e. The van der Waals surface area contributed by atoms with Gasteiger partial charge in [0.25, 0.3) is 0 Å². The van der Waals surface area contributed by atoms with Gasteiger partial charge in [0.2, 0.25) is 0 Å². The molecule has 2 rings (SSSR count). The lowest BCUT2D eigenvalue weighted by Gasteiger charge is -2.36. The molecule has 0 aliphatic carbocycles. The summed E-state index contributed by atoms with van der Waals surface area (Å²) < 4.78 is 1.18. The van der Waals surface area contributed by atoms with Crippen LogP contribution < -0.4 is 5.73 Å². The molecule has 2 nitrogen and oxygen atoms in total. The Morgan fingerprint density at radius 3 is 2.58 bits per heavy atom. The average Bonchev–Trinajstić information content (AvgIpc) is 2.71. The largest absolute Gasteiger partial charge is 0.326 e. The van der Waals surface area contributed by atoms with Crippen molar-refractivity contribution in [2.24, 2.45) is 11.7 Å². The fourth-order valence-corrected chi connectivity index (χ4v) is 3.83. The normalized spacial score (nSPS) is 27.4. The molecule has 1 heterocycles. The van der Waals surface area contributed by atoms with Crippen molar-refractivity contribution in [1.82, 2.24) is 4.90 Å². The van der Waals surface area contributed by atoms with Gasteiger partial charge in [0.15, 0.2) is 0 Å². The van der Waals surface area contributed by atoms with Crippen LogP contribution in [0.3, 0.4) is 0 Å². The van der Waals surface area contributed by atoms with E-state index in [1.165, 1.54) is 16.5 Å². The van der Waals surface area contributed by atoms with E-state index in [-0.39, 0.29) is 6.04 Å². The van der Waals surface area contributed by atoms with Crippen molar-refractivity contribution in [3.63, 3.8) is 0 Å². The summed E-state index contributed by atoms with van der Waals surface area (Å²) >= 11 is 3.69. The molecule has 0 amide bonds. The number of halogens is 1. The van der Waals surface area contributed by atoms with Gasteiger partial charge < -0.3 is 5.73 Å². The Morgan fingerprint density at radius 2 is 2.05 bits per heavy atom. The van der Waals surface area contributed by atoms with E-state index in [1.54, 1.807) is 0 Å². The summed E-state index contributed by atoms with van der Waals surface area (Å²) in [5.41, 5.74) is 7.77. The number of hydrogen-bond acceptors (Lipinski definition) is 2. The maximum absolute atomic E-state index is 6.44. The molecule has 4 unspecified atom stereocenters. The van der Waals surface area contributed by atoms with Crippen molar-refractivity contribution >= 4 is 15.9 Å². The van der Waals surface area contributed by atoms with Crippen LogP contribution >= 0.6 is 15.9 Å².